The summed E-state index contributed by atoms with van der Waals surface area (Å²) in [4.78, 5) is 23.3. The smallest absolute Gasteiger partial charge is 0.408 e. The molecule has 2 N–H and O–H groups in total. The van der Waals surface area contributed by atoms with E-state index in [2.05, 4.69) is 15.8 Å². The number of carbonyl (C=O) groups excluding carboxylic acids is 2. The number of alkyl carbamates (subject to hydrolysis) is 1. The summed E-state index contributed by atoms with van der Waals surface area (Å²) < 4.78 is 25.0. The van der Waals surface area contributed by atoms with E-state index < -0.39 is 29.5 Å². The van der Waals surface area contributed by atoms with Gasteiger partial charge in [-0.25, -0.2) is 9.18 Å². The van der Waals surface area contributed by atoms with E-state index in [4.69, 9.17) is 9.47 Å². The Morgan fingerprint density at radius 3 is 2.50 bits per heavy atom. The third-order valence-corrected chi connectivity index (χ3v) is 4.24. The van der Waals surface area contributed by atoms with Crippen molar-refractivity contribution in [3.05, 3.63) is 34.6 Å². The average molecular weight is 395 g/mol. The normalized spacial score (nSPS) is 14.1. The van der Waals surface area contributed by atoms with Crippen molar-refractivity contribution in [2.24, 2.45) is 5.10 Å². The zero-order chi connectivity index (χ0) is 21.5. The zero-order valence-electron chi connectivity index (χ0n) is 17.6. The van der Waals surface area contributed by atoms with Gasteiger partial charge in [0.1, 0.15) is 17.5 Å². The number of nitrogens with zero attached hydrogens (tertiary/aromatic N) is 1. The van der Waals surface area contributed by atoms with Gasteiger partial charge in [-0.15, -0.1) is 5.10 Å². The molecule has 7 nitrogen and oxygen atoms in total. The molecule has 8 heteroatoms. The van der Waals surface area contributed by atoms with E-state index in [1.54, 1.807) is 33.8 Å². The Kier molecular flexibility index (Phi) is 8.40. The van der Waals surface area contributed by atoms with Gasteiger partial charge in [0.25, 0.3) is 6.47 Å². The lowest BCUT2D eigenvalue weighted by molar-refractivity contribution is -0.122. The quantitative estimate of drug-likeness (QED) is 0.320. The molecule has 156 valence electrons. The molecule has 0 aliphatic heterocycles. The van der Waals surface area contributed by atoms with Crippen LogP contribution < -0.4 is 10.7 Å². The monoisotopic (exact) mass is 395 g/mol. The number of nitrogens with one attached hydrogen (secondary N) is 2. The van der Waals surface area contributed by atoms with Crippen LogP contribution >= 0.6 is 0 Å². The highest BCUT2D eigenvalue weighted by atomic mass is 19.1. The molecule has 0 radical (unpaired) electrons. The number of aryl methyl sites for hydroxylation is 1. The predicted molar refractivity (Wildman–Crippen MR) is 106 cm³/mol. The lowest BCUT2D eigenvalue weighted by Gasteiger charge is -2.28. The van der Waals surface area contributed by atoms with E-state index in [-0.39, 0.29) is 12.4 Å². The number of hydrogen-bond donors (Lipinski definition) is 2. The van der Waals surface area contributed by atoms with Crippen LogP contribution in [-0.4, -0.2) is 37.2 Å². The molecule has 0 bridgehead atoms. The first kappa shape index (κ1) is 23.4. The van der Waals surface area contributed by atoms with Crippen molar-refractivity contribution in [3.8, 4) is 0 Å². The Bertz CT molecular complexity index is 729. The van der Waals surface area contributed by atoms with Crippen LogP contribution in [0.5, 0.6) is 0 Å². The second kappa shape index (κ2) is 10.1. The van der Waals surface area contributed by atoms with Gasteiger partial charge in [-0.2, -0.15) is 0 Å². The number of ether oxygens (including phenoxy) is 2. The molecule has 1 rings (SSSR count). The van der Waals surface area contributed by atoms with E-state index in [0.717, 1.165) is 17.5 Å². The number of hydrazone groups is 1. The van der Waals surface area contributed by atoms with Gasteiger partial charge in [-0.1, -0.05) is 19.9 Å². The largest absolute Gasteiger partial charge is 0.444 e. The molecule has 0 aliphatic carbocycles. The minimum atomic E-state index is -0.937. The van der Waals surface area contributed by atoms with Crippen molar-refractivity contribution < 1.29 is 23.5 Å². The van der Waals surface area contributed by atoms with Crippen molar-refractivity contribution in [1.29, 1.82) is 0 Å². The maximum Gasteiger partial charge on any atom is 0.408 e. The Morgan fingerprint density at radius 1 is 1.36 bits per heavy atom. The molecule has 0 heterocycles. The SMILES string of the molecule is CCc1ccc(F)c(C(C)C(NC(=O)OC(C)(C)C)/C(=N/NC)OC=O)c1C. The summed E-state index contributed by atoms with van der Waals surface area (Å²) in [5.74, 6) is -1.10. The van der Waals surface area contributed by atoms with Gasteiger partial charge >= 0.3 is 6.09 Å². The van der Waals surface area contributed by atoms with Crippen LogP contribution in [-0.2, 0) is 20.7 Å². The molecule has 0 spiro atoms. The van der Waals surface area contributed by atoms with Crippen molar-refractivity contribution in [2.45, 2.75) is 65.5 Å². The van der Waals surface area contributed by atoms with Gasteiger partial charge in [0, 0.05) is 13.0 Å². The first-order chi connectivity index (χ1) is 13.1. The van der Waals surface area contributed by atoms with Crippen molar-refractivity contribution in [1.82, 2.24) is 10.7 Å². The molecule has 1 aromatic rings. The molecular formula is C20H30FN3O4. The minimum absolute atomic E-state index is 0.100. The molecule has 28 heavy (non-hydrogen) atoms. The van der Waals surface area contributed by atoms with E-state index in [0.29, 0.717) is 5.56 Å². The summed E-state index contributed by atoms with van der Waals surface area (Å²) >= 11 is 0. The summed E-state index contributed by atoms with van der Waals surface area (Å²) in [5.41, 5.74) is 3.98. The molecule has 1 amide bonds. The molecule has 0 saturated heterocycles. The van der Waals surface area contributed by atoms with E-state index in [1.807, 2.05) is 13.8 Å². The highest BCUT2D eigenvalue weighted by Crippen LogP contribution is 2.29. The van der Waals surface area contributed by atoms with Crippen molar-refractivity contribution in [2.75, 3.05) is 7.05 Å². The van der Waals surface area contributed by atoms with Gasteiger partial charge in [-0.3, -0.25) is 4.79 Å². The number of amides is 1. The molecule has 2 unspecified atom stereocenters. The number of rotatable bonds is 7. The predicted octanol–water partition coefficient (Wildman–Crippen LogP) is 3.40. The molecule has 0 aromatic heterocycles. The molecule has 1 aromatic carbocycles. The third-order valence-electron chi connectivity index (χ3n) is 4.24. The third kappa shape index (κ3) is 6.21. The summed E-state index contributed by atoms with van der Waals surface area (Å²) in [6.07, 6.45) is 0.00512. The van der Waals surface area contributed by atoms with Gasteiger partial charge in [0.05, 0.1) is 0 Å². The average Bonchev–Trinajstić information content (AvgIpc) is 2.58. The van der Waals surface area contributed by atoms with Crippen LogP contribution in [0.2, 0.25) is 0 Å². The number of benzene rings is 1. The van der Waals surface area contributed by atoms with Crippen LogP contribution in [0.15, 0.2) is 17.2 Å². The minimum Gasteiger partial charge on any atom is -0.444 e. The summed E-state index contributed by atoms with van der Waals surface area (Å²) in [7, 11) is 1.52. The fourth-order valence-electron chi connectivity index (χ4n) is 3.01. The number of hydrogen-bond acceptors (Lipinski definition) is 6. The van der Waals surface area contributed by atoms with Crippen LogP contribution in [0.3, 0.4) is 0 Å². The number of carbonyl (C=O) groups is 2. The maximum absolute atomic E-state index is 14.7. The standard InChI is InChI=1S/C20H30FN3O4/c1-8-14-9-10-15(21)16(12(14)2)13(3)17(18(24-22-7)27-11-25)23-19(26)28-20(4,5)6/h9-11,13,17,22H,8H2,1-7H3,(H,23,26)/b24-18-. The Morgan fingerprint density at radius 2 is 2.00 bits per heavy atom. The fraction of sp³-hybridized carbons (Fsp3) is 0.550. The molecule has 0 fully saturated rings. The van der Waals surface area contributed by atoms with Gasteiger partial charge < -0.3 is 20.2 Å². The van der Waals surface area contributed by atoms with Gasteiger partial charge in [-0.05, 0) is 56.9 Å². The van der Waals surface area contributed by atoms with E-state index >= 15 is 0 Å². The lowest BCUT2D eigenvalue weighted by Crippen LogP contribution is -2.47. The highest BCUT2D eigenvalue weighted by molar-refractivity contribution is 5.90. The van der Waals surface area contributed by atoms with Gasteiger partial charge in [0.15, 0.2) is 0 Å². The Labute approximate surface area is 165 Å². The maximum atomic E-state index is 14.7. The Hall–Kier alpha value is -2.64. The van der Waals surface area contributed by atoms with Gasteiger partial charge in [0.2, 0.25) is 5.90 Å². The Balaban J connectivity index is 3.40. The second-order valence-electron chi connectivity index (χ2n) is 7.40. The van der Waals surface area contributed by atoms with Crippen LogP contribution in [0.4, 0.5) is 9.18 Å². The van der Waals surface area contributed by atoms with Crippen LogP contribution in [0.1, 0.15) is 57.2 Å². The number of halogens is 1. The van der Waals surface area contributed by atoms with Crippen LogP contribution in [0, 0.1) is 12.7 Å². The first-order valence-corrected chi connectivity index (χ1v) is 9.17. The van der Waals surface area contributed by atoms with Crippen LogP contribution in [0.25, 0.3) is 0 Å². The van der Waals surface area contributed by atoms with E-state index in [1.165, 1.54) is 13.1 Å². The molecule has 2 atom stereocenters. The molecule has 0 aliphatic rings. The first-order valence-electron chi connectivity index (χ1n) is 9.17. The highest BCUT2D eigenvalue weighted by Gasteiger charge is 2.32. The fourth-order valence-corrected chi connectivity index (χ4v) is 3.01. The summed E-state index contributed by atoms with van der Waals surface area (Å²) in [5, 5.41) is 6.58. The molecule has 0 saturated carbocycles. The summed E-state index contributed by atoms with van der Waals surface area (Å²) in [6, 6.07) is 2.20. The van der Waals surface area contributed by atoms with Crippen molar-refractivity contribution in [3.63, 3.8) is 0 Å². The van der Waals surface area contributed by atoms with Crippen molar-refractivity contribution >= 4 is 18.5 Å². The second-order valence-corrected chi connectivity index (χ2v) is 7.40. The topological polar surface area (TPSA) is 89.0 Å². The zero-order valence-corrected chi connectivity index (χ0v) is 17.6. The van der Waals surface area contributed by atoms with E-state index in [9.17, 15) is 14.0 Å². The summed E-state index contributed by atoms with van der Waals surface area (Å²) in [6.45, 7) is 10.9. The molecular weight excluding hydrogens is 365 g/mol. The lowest BCUT2D eigenvalue weighted by atomic mass is 9.87.